The van der Waals surface area contributed by atoms with Crippen molar-refractivity contribution in [2.45, 2.75) is 44.2 Å². The molecule has 0 saturated carbocycles. The van der Waals surface area contributed by atoms with Gasteiger partial charge in [0.25, 0.3) is 0 Å². The molecule has 0 aromatic heterocycles. The molecule has 1 aliphatic rings. The van der Waals surface area contributed by atoms with Gasteiger partial charge in [-0.05, 0) is 43.0 Å². The fraction of sp³-hybridized carbons (Fsp3) is 0.409. The molecule has 1 heterocycles. The van der Waals surface area contributed by atoms with Crippen molar-refractivity contribution in [3.8, 4) is 0 Å². The van der Waals surface area contributed by atoms with E-state index >= 15 is 0 Å². The zero-order valence-electron chi connectivity index (χ0n) is 17.0. The van der Waals surface area contributed by atoms with Crippen LogP contribution in [0.1, 0.15) is 29.5 Å². The van der Waals surface area contributed by atoms with Crippen LogP contribution >= 0.6 is 0 Å². The highest BCUT2D eigenvalue weighted by atomic mass is 32.2. The third-order valence-electron chi connectivity index (χ3n) is 5.16. The van der Waals surface area contributed by atoms with E-state index in [1.807, 2.05) is 31.2 Å². The molecule has 0 spiro atoms. The zero-order chi connectivity index (χ0) is 20.9. The van der Waals surface area contributed by atoms with Gasteiger partial charge >= 0.3 is 0 Å². The number of rotatable bonds is 8. The first-order valence-electron chi connectivity index (χ1n) is 9.96. The van der Waals surface area contributed by atoms with Crippen molar-refractivity contribution in [1.82, 2.24) is 14.9 Å². The molecule has 29 heavy (non-hydrogen) atoms. The average Bonchev–Trinajstić information content (AvgIpc) is 3.11. The zero-order valence-corrected chi connectivity index (χ0v) is 17.8. The number of benzene rings is 2. The first-order chi connectivity index (χ1) is 13.8. The number of amides is 1. The summed E-state index contributed by atoms with van der Waals surface area (Å²) in [5, 5.41) is 3.03. The van der Waals surface area contributed by atoms with E-state index in [1.54, 1.807) is 19.1 Å². The number of carbonyl (C=O) groups is 1. The molecular formula is C22H29N3O3S. The highest BCUT2D eigenvalue weighted by Gasteiger charge is 2.24. The molecule has 1 fully saturated rings. The van der Waals surface area contributed by atoms with Crippen LogP contribution in [0, 0.1) is 13.8 Å². The quantitative estimate of drug-likeness (QED) is 0.694. The number of hydrogen-bond donors (Lipinski definition) is 2. The Hall–Kier alpha value is -2.22. The van der Waals surface area contributed by atoms with Crippen molar-refractivity contribution < 1.29 is 13.2 Å². The first kappa shape index (κ1) is 21.5. The van der Waals surface area contributed by atoms with Crippen LogP contribution in [0.15, 0.2) is 53.4 Å². The second-order valence-electron chi connectivity index (χ2n) is 7.69. The lowest BCUT2D eigenvalue weighted by atomic mass is 10.2. The molecule has 156 valence electrons. The lowest BCUT2D eigenvalue weighted by Gasteiger charge is -2.17. The van der Waals surface area contributed by atoms with E-state index in [9.17, 15) is 13.2 Å². The van der Waals surface area contributed by atoms with Gasteiger partial charge in [-0.15, -0.1) is 0 Å². The Kier molecular flexibility index (Phi) is 7.05. The summed E-state index contributed by atoms with van der Waals surface area (Å²) >= 11 is 0. The molecule has 1 saturated heterocycles. The van der Waals surface area contributed by atoms with Crippen molar-refractivity contribution in [3.05, 3.63) is 65.2 Å². The Morgan fingerprint density at radius 2 is 1.90 bits per heavy atom. The largest absolute Gasteiger partial charge is 0.352 e. The van der Waals surface area contributed by atoms with Crippen molar-refractivity contribution in [3.63, 3.8) is 0 Å². The van der Waals surface area contributed by atoms with Crippen LogP contribution in [0.2, 0.25) is 0 Å². The summed E-state index contributed by atoms with van der Waals surface area (Å²) in [7, 11) is -3.62. The maximum Gasteiger partial charge on any atom is 0.240 e. The van der Waals surface area contributed by atoms with Gasteiger partial charge < -0.3 is 5.32 Å². The molecule has 1 amide bonds. The minimum absolute atomic E-state index is 0.0853. The number of nitrogens with zero attached hydrogens (tertiary/aromatic N) is 1. The summed E-state index contributed by atoms with van der Waals surface area (Å²) in [5.41, 5.74) is 2.84. The summed E-state index contributed by atoms with van der Waals surface area (Å²) in [6, 6.07) is 15.7. The van der Waals surface area contributed by atoms with E-state index in [4.69, 9.17) is 0 Å². The lowest BCUT2D eigenvalue weighted by molar-refractivity contribution is -0.121. The molecule has 6 nitrogen and oxygen atoms in total. The van der Waals surface area contributed by atoms with E-state index in [-0.39, 0.29) is 29.8 Å². The highest BCUT2D eigenvalue weighted by molar-refractivity contribution is 7.89. The lowest BCUT2D eigenvalue weighted by Crippen LogP contribution is -2.38. The van der Waals surface area contributed by atoms with Crippen molar-refractivity contribution in [2.24, 2.45) is 0 Å². The van der Waals surface area contributed by atoms with Gasteiger partial charge in [0.1, 0.15) is 0 Å². The van der Waals surface area contributed by atoms with Crippen molar-refractivity contribution in [2.75, 3.05) is 19.6 Å². The van der Waals surface area contributed by atoms with E-state index in [0.717, 1.165) is 31.6 Å². The van der Waals surface area contributed by atoms with Crippen LogP contribution in [0.5, 0.6) is 0 Å². The number of aryl methyl sites for hydroxylation is 2. The van der Waals surface area contributed by atoms with Gasteiger partial charge in [0, 0.05) is 38.6 Å². The molecule has 0 bridgehead atoms. The van der Waals surface area contributed by atoms with E-state index in [2.05, 4.69) is 27.1 Å². The summed E-state index contributed by atoms with van der Waals surface area (Å²) in [6.07, 6.45) is 1.03. The summed E-state index contributed by atoms with van der Waals surface area (Å²) in [4.78, 5) is 14.8. The summed E-state index contributed by atoms with van der Waals surface area (Å²) in [6.45, 7) is 6.34. The number of carbonyl (C=O) groups excluding carboxylic acids is 1. The van der Waals surface area contributed by atoms with Crippen LogP contribution in [-0.2, 0) is 21.4 Å². The van der Waals surface area contributed by atoms with Crippen LogP contribution in [-0.4, -0.2) is 44.9 Å². The SMILES string of the molecule is Cc1ccc(C)c(S(=O)(=O)NCCC(=O)NC2CCN(Cc3ccccc3)C2)c1. The van der Waals surface area contributed by atoms with Crippen LogP contribution in [0.25, 0.3) is 0 Å². The maximum atomic E-state index is 12.5. The monoisotopic (exact) mass is 415 g/mol. The Labute approximate surface area is 173 Å². The van der Waals surface area contributed by atoms with Gasteiger partial charge in [0.15, 0.2) is 0 Å². The van der Waals surface area contributed by atoms with Gasteiger partial charge in [-0.25, -0.2) is 13.1 Å². The Morgan fingerprint density at radius 1 is 1.14 bits per heavy atom. The average molecular weight is 416 g/mol. The molecule has 2 N–H and O–H groups in total. The topological polar surface area (TPSA) is 78.5 Å². The van der Waals surface area contributed by atoms with E-state index < -0.39 is 10.0 Å². The first-order valence-corrected chi connectivity index (χ1v) is 11.4. The number of sulfonamides is 1. The molecule has 0 aliphatic carbocycles. The van der Waals surface area contributed by atoms with Gasteiger partial charge in [0.2, 0.25) is 15.9 Å². The van der Waals surface area contributed by atoms with E-state index in [1.165, 1.54) is 5.56 Å². The molecule has 1 aliphatic heterocycles. The molecule has 7 heteroatoms. The fourth-order valence-corrected chi connectivity index (χ4v) is 4.97. The number of likely N-dealkylation sites (tertiary alicyclic amines) is 1. The third-order valence-corrected chi connectivity index (χ3v) is 6.77. The Balaban J connectivity index is 1.43. The second kappa shape index (κ2) is 9.52. The van der Waals surface area contributed by atoms with Crippen LogP contribution < -0.4 is 10.0 Å². The number of nitrogens with one attached hydrogen (secondary N) is 2. The molecule has 0 radical (unpaired) electrons. The fourth-order valence-electron chi connectivity index (χ4n) is 3.61. The van der Waals surface area contributed by atoms with E-state index in [0.29, 0.717) is 5.56 Å². The predicted molar refractivity (Wildman–Crippen MR) is 114 cm³/mol. The highest BCUT2D eigenvalue weighted by Crippen LogP contribution is 2.17. The molecule has 1 atom stereocenters. The smallest absolute Gasteiger partial charge is 0.240 e. The molecule has 2 aromatic carbocycles. The Bertz CT molecular complexity index is 945. The predicted octanol–water partition coefficient (Wildman–Crippen LogP) is 2.36. The van der Waals surface area contributed by atoms with Gasteiger partial charge in [-0.3, -0.25) is 9.69 Å². The van der Waals surface area contributed by atoms with Crippen LogP contribution in [0.4, 0.5) is 0 Å². The number of hydrogen-bond acceptors (Lipinski definition) is 4. The van der Waals surface area contributed by atoms with Gasteiger partial charge in [0.05, 0.1) is 4.90 Å². The third kappa shape index (κ3) is 6.13. The minimum atomic E-state index is -3.62. The molecule has 3 rings (SSSR count). The van der Waals surface area contributed by atoms with Crippen molar-refractivity contribution >= 4 is 15.9 Å². The maximum absolute atomic E-state index is 12.5. The Morgan fingerprint density at radius 3 is 2.66 bits per heavy atom. The van der Waals surface area contributed by atoms with Crippen LogP contribution in [0.3, 0.4) is 0 Å². The second-order valence-corrected chi connectivity index (χ2v) is 9.43. The van der Waals surface area contributed by atoms with Crippen molar-refractivity contribution in [1.29, 1.82) is 0 Å². The molecule has 2 aromatic rings. The standard InChI is InChI=1S/C22H29N3O3S/c1-17-8-9-18(2)21(14-17)29(27,28)23-12-10-22(26)24-20-11-13-25(16-20)15-19-6-4-3-5-7-19/h3-9,14,20,23H,10-13,15-16H2,1-2H3,(H,24,26). The summed E-state index contributed by atoms with van der Waals surface area (Å²) in [5.74, 6) is -0.125. The van der Waals surface area contributed by atoms with Gasteiger partial charge in [-0.1, -0.05) is 42.5 Å². The molecule has 1 unspecified atom stereocenters. The van der Waals surface area contributed by atoms with Gasteiger partial charge in [-0.2, -0.15) is 0 Å². The summed E-state index contributed by atoms with van der Waals surface area (Å²) < 4.78 is 27.5. The normalized spacial score (nSPS) is 17.4. The molecular weight excluding hydrogens is 386 g/mol. The minimum Gasteiger partial charge on any atom is -0.352 e.